The summed E-state index contributed by atoms with van der Waals surface area (Å²) < 4.78 is 12.6. The molecule has 0 aromatic heterocycles. The van der Waals surface area contributed by atoms with Crippen molar-refractivity contribution in [3.63, 3.8) is 0 Å². The van der Waals surface area contributed by atoms with Gasteiger partial charge < -0.3 is 14.4 Å². The normalized spacial score (nSPS) is 22.1. The fourth-order valence-corrected chi connectivity index (χ4v) is 4.52. The maximum absolute atomic E-state index is 13.8. The number of carbonyl (C=O) groups is 1. The van der Waals surface area contributed by atoms with Gasteiger partial charge >= 0.3 is 0 Å². The molecule has 0 aliphatic carbocycles. The van der Waals surface area contributed by atoms with Crippen molar-refractivity contribution in [2.24, 2.45) is 0 Å². The van der Waals surface area contributed by atoms with Crippen LogP contribution in [0.5, 0.6) is 0 Å². The van der Waals surface area contributed by atoms with E-state index < -0.39 is 5.41 Å². The van der Waals surface area contributed by atoms with Crippen LogP contribution < -0.4 is 0 Å². The zero-order valence-corrected chi connectivity index (χ0v) is 17.9. The molecule has 2 saturated heterocycles. The van der Waals surface area contributed by atoms with Gasteiger partial charge in [-0.25, -0.2) is 0 Å². The van der Waals surface area contributed by atoms with E-state index in [9.17, 15) is 4.79 Å². The van der Waals surface area contributed by atoms with E-state index in [0.717, 1.165) is 15.6 Å². The predicted molar refractivity (Wildman–Crippen MR) is 113 cm³/mol. The summed E-state index contributed by atoms with van der Waals surface area (Å²) in [5.41, 5.74) is 1.59. The highest BCUT2D eigenvalue weighted by Crippen LogP contribution is 2.38. The number of hydrogen-bond acceptors (Lipinski definition) is 3. The van der Waals surface area contributed by atoms with Gasteiger partial charge in [-0.2, -0.15) is 0 Å². The average Bonchev–Trinajstić information content (AvgIpc) is 2.75. The van der Waals surface area contributed by atoms with Crippen molar-refractivity contribution in [1.82, 2.24) is 4.90 Å². The summed E-state index contributed by atoms with van der Waals surface area (Å²) >= 11 is 9.50. The summed E-state index contributed by atoms with van der Waals surface area (Å²) in [5, 5.41) is 0.698. The number of halogens is 2. The minimum Gasteiger partial charge on any atom is -0.381 e. The maximum Gasteiger partial charge on any atom is 0.233 e. The first kappa shape index (κ1) is 19.9. The van der Waals surface area contributed by atoms with Crippen molar-refractivity contribution in [1.29, 1.82) is 0 Å². The van der Waals surface area contributed by atoms with E-state index in [1.807, 2.05) is 41.3 Å². The lowest BCUT2D eigenvalue weighted by molar-refractivity contribution is -0.149. The Balaban J connectivity index is 1.59. The molecule has 2 aromatic carbocycles. The van der Waals surface area contributed by atoms with Crippen molar-refractivity contribution in [2.45, 2.75) is 24.4 Å². The van der Waals surface area contributed by atoms with Gasteiger partial charge in [0.25, 0.3) is 0 Å². The number of hydrogen-bond donors (Lipinski definition) is 0. The molecule has 4 rings (SSSR count). The summed E-state index contributed by atoms with van der Waals surface area (Å²) in [7, 11) is 0. The molecule has 0 saturated carbocycles. The van der Waals surface area contributed by atoms with Crippen LogP contribution in [-0.4, -0.2) is 43.7 Å². The van der Waals surface area contributed by atoms with Crippen molar-refractivity contribution >= 4 is 33.4 Å². The van der Waals surface area contributed by atoms with E-state index >= 15 is 0 Å². The SMILES string of the molecule is O=C(N1CCOC(c2ccc(Cl)cc2)C1)C1(c2ccc(Br)cc2)CCOCC1. The first-order valence-electron chi connectivity index (χ1n) is 9.59. The van der Waals surface area contributed by atoms with Crippen LogP contribution in [0.25, 0.3) is 0 Å². The van der Waals surface area contributed by atoms with Crippen molar-refractivity contribution in [3.05, 3.63) is 69.2 Å². The Bertz CT molecular complexity index is 819. The molecule has 0 radical (unpaired) electrons. The zero-order valence-electron chi connectivity index (χ0n) is 15.6. The first-order chi connectivity index (χ1) is 13.6. The molecule has 2 fully saturated rings. The highest BCUT2D eigenvalue weighted by Gasteiger charge is 2.45. The van der Waals surface area contributed by atoms with Crippen LogP contribution in [0.1, 0.15) is 30.1 Å². The third-order valence-corrected chi connectivity index (χ3v) is 6.53. The lowest BCUT2D eigenvalue weighted by atomic mass is 9.73. The van der Waals surface area contributed by atoms with Gasteiger partial charge in [-0.05, 0) is 48.2 Å². The van der Waals surface area contributed by atoms with Crippen LogP contribution in [0.2, 0.25) is 5.02 Å². The van der Waals surface area contributed by atoms with Gasteiger partial charge in [0, 0.05) is 29.3 Å². The molecular weight excluding hydrogens is 442 g/mol. The Hall–Kier alpha value is -1.40. The molecule has 1 unspecified atom stereocenters. The summed E-state index contributed by atoms with van der Waals surface area (Å²) in [4.78, 5) is 15.7. The lowest BCUT2D eigenvalue weighted by Crippen LogP contribution is -2.53. The third-order valence-electron chi connectivity index (χ3n) is 5.75. The smallest absolute Gasteiger partial charge is 0.233 e. The Morgan fingerprint density at radius 1 is 1.04 bits per heavy atom. The molecule has 4 nitrogen and oxygen atoms in total. The molecule has 0 spiro atoms. The number of carbonyl (C=O) groups excluding carboxylic acids is 1. The van der Waals surface area contributed by atoms with Crippen LogP contribution in [0.3, 0.4) is 0 Å². The Morgan fingerprint density at radius 3 is 2.39 bits per heavy atom. The first-order valence-corrected chi connectivity index (χ1v) is 10.8. The standard InChI is InChI=1S/C22H23BrClNO3/c23-18-5-3-17(4-6-18)22(9-12-27-13-10-22)21(26)25-11-14-28-20(15-25)16-1-7-19(24)8-2-16/h1-8,20H,9-15H2. The van der Waals surface area contributed by atoms with Crippen molar-refractivity contribution < 1.29 is 14.3 Å². The fourth-order valence-electron chi connectivity index (χ4n) is 4.13. The summed E-state index contributed by atoms with van der Waals surface area (Å²) in [6.45, 7) is 2.91. The average molecular weight is 465 g/mol. The van der Waals surface area contributed by atoms with Gasteiger partial charge in [-0.15, -0.1) is 0 Å². The van der Waals surface area contributed by atoms with E-state index in [4.69, 9.17) is 21.1 Å². The Labute approximate surface area is 178 Å². The zero-order chi connectivity index (χ0) is 19.6. The summed E-state index contributed by atoms with van der Waals surface area (Å²) in [5.74, 6) is 0.181. The molecule has 2 aliphatic heterocycles. The molecule has 1 amide bonds. The van der Waals surface area contributed by atoms with Gasteiger partial charge in [-0.3, -0.25) is 4.79 Å². The second-order valence-corrected chi connectivity index (χ2v) is 8.72. The minimum absolute atomic E-state index is 0.128. The summed E-state index contributed by atoms with van der Waals surface area (Å²) in [6.07, 6.45) is 1.28. The Kier molecular flexibility index (Phi) is 6.07. The highest BCUT2D eigenvalue weighted by molar-refractivity contribution is 9.10. The van der Waals surface area contributed by atoms with E-state index in [2.05, 4.69) is 28.1 Å². The van der Waals surface area contributed by atoms with Crippen molar-refractivity contribution in [3.8, 4) is 0 Å². The van der Waals surface area contributed by atoms with Gasteiger partial charge in [0.2, 0.25) is 5.91 Å². The largest absolute Gasteiger partial charge is 0.381 e. The third kappa shape index (κ3) is 3.99. The fraction of sp³-hybridized carbons (Fsp3) is 0.409. The van der Waals surface area contributed by atoms with Crippen LogP contribution in [-0.2, 0) is 19.7 Å². The second kappa shape index (κ2) is 8.54. The highest BCUT2D eigenvalue weighted by atomic mass is 79.9. The van der Waals surface area contributed by atoms with Gasteiger partial charge in [0.1, 0.15) is 6.10 Å². The number of nitrogens with zero attached hydrogens (tertiary/aromatic N) is 1. The lowest BCUT2D eigenvalue weighted by Gasteiger charge is -2.42. The molecule has 0 N–H and O–H groups in total. The van der Waals surface area contributed by atoms with Crippen molar-refractivity contribution in [2.75, 3.05) is 32.9 Å². The molecule has 1 atom stereocenters. The van der Waals surface area contributed by atoms with Gasteiger partial charge in [0.05, 0.1) is 18.6 Å². The molecule has 2 aliphatic rings. The number of amides is 1. The topological polar surface area (TPSA) is 38.8 Å². The molecule has 28 heavy (non-hydrogen) atoms. The molecule has 148 valence electrons. The van der Waals surface area contributed by atoms with E-state index in [0.29, 0.717) is 50.8 Å². The predicted octanol–water partition coefficient (Wildman–Crippen LogP) is 4.75. The molecule has 2 heterocycles. The molecule has 6 heteroatoms. The van der Waals surface area contributed by atoms with Crippen LogP contribution >= 0.6 is 27.5 Å². The minimum atomic E-state index is -0.527. The second-order valence-electron chi connectivity index (χ2n) is 7.36. The monoisotopic (exact) mass is 463 g/mol. The quantitative estimate of drug-likeness (QED) is 0.658. The van der Waals surface area contributed by atoms with E-state index in [-0.39, 0.29) is 12.0 Å². The van der Waals surface area contributed by atoms with Gasteiger partial charge in [-0.1, -0.05) is 51.8 Å². The van der Waals surface area contributed by atoms with E-state index in [1.165, 1.54) is 0 Å². The van der Waals surface area contributed by atoms with E-state index in [1.54, 1.807) is 0 Å². The number of ether oxygens (including phenoxy) is 2. The number of morpholine rings is 1. The van der Waals surface area contributed by atoms with Crippen LogP contribution in [0.4, 0.5) is 0 Å². The van der Waals surface area contributed by atoms with Crippen LogP contribution in [0.15, 0.2) is 53.0 Å². The maximum atomic E-state index is 13.8. The number of rotatable bonds is 3. The van der Waals surface area contributed by atoms with Crippen LogP contribution in [0, 0.1) is 0 Å². The Morgan fingerprint density at radius 2 is 1.71 bits per heavy atom. The molecule has 2 aromatic rings. The van der Waals surface area contributed by atoms with Gasteiger partial charge in [0.15, 0.2) is 0 Å². The summed E-state index contributed by atoms with van der Waals surface area (Å²) in [6, 6.07) is 15.8. The molecule has 0 bridgehead atoms. The number of benzene rings is 2. The molecular formula is C22H23BrClNO3.